The van der Waals surface area contributed by atoms with Crippen molar-refractivity contribution in [2.45, 2.75) is 52.4 Å². The minimum atomic E-state index is -0.556. The predicted molar refractivity (Wildman–Crippen MR) is 166 cm³/mol. The fourth-order valence-corrected chi connectivity index (χ4v) is 5.51. The molecule has 0 saturated carbocycles. The minimum absolute atomic E-state index is 0.00738. The monoisotopic (exact) mass is 599 g/mol. The van der Waals surface area contributed by atoms with Crippen molar-refractivity contribution in [3.63, 3.8) is 0 Å². The summed E-state index contributed by atoms with van der Waals surface area (Å²) >= 11 is -0.556. The molecule has 0 aromatic heterocycles. The van der Waals surface area contributed by atoms with Gasteiger partial charge in [0, 0.05) is 27.5 Å². The van der Waals surface area contributed by atoms with Crippen LogP contribution in [0.3, 0.4) is 0 Å². The molecular weight excluding hydrogens is 564 g/mol. The summed E-state index contributed by atoms with van der Waals surface area (Å²) in [7, 11) is 10.1. The van der Waals surface area contributed by atoms with Crippen LogP contribution in [0.25, 0.3) is 0 Å². The number of hydrogen-bond acceptors (Lipinski definition) is 2. The van der Waals surface area contributed by atoms with Gasteiger partial charge in [-0.25, -0.2) is 0 Å². The van der Waals surface area contributed by atoms with Gasteiger partial charge in [0.15, 0.2) is 0 Å². The van der Waals surface area contributed by atoms with Crippen LogP contribution in [0.5, 0.6) is 5.75 Å². The first-order valence-corrected chi connectivity index (χ1v) is 17.9. The fraction of sp³-hybridized carbons (Fsp3) is 0.250. The first kappa shape index (κ1) is 30.7. The van der Waals surface area contributed by atoms with Crippen molar-refractivity contribution in [3.8, 4) is 5.75 Å². The molecule has 198 valence electrons. The van der Waals surface area contributed by atoms with Crippen LogP contribution in [0.15, 0.2) is 97.1 Å². The number of rotatable bonds is 5. The van der Waals surface area contributed by atoms with Crippen LogP contribution in [0.2, 0.25) is 0 Å². The van der Waals surface area contributed by atoms with Gasteiger partial charge in [-0.3, -0.25) is 0 Å². The average Bonchev–Trinajstić information content (AvgIpc) is 2.87. The molecule has 2 nitrogen and oxygen atoms in total. The van der Waals surface area contributed by atoms with E-state index in [9.17, 15) is 5.11 Å². The molecule has 0 aliphatic heterocycles. The summed E-state index contributed by atoms with van der Waals surface area (Å²) in [6.07, 6.45) is 0. The number of para-hydroxylation sites is 3. The van der Waals surface area contributed by atoms with E-state index in [4.69, 9.17) is 18.6 Å². The van der Waals surface area contributed by atoms with Crippen LogP contribution in [0, 0.1) is 0 Å². The Labute approximate surface area is 246 Å². The molecule has 1 atom stereocenters. The number of benzene rings is 4. The number of anilines is 3. The van der Waals surface area contributed by atoms with Gasteiger partial charge in [-0.2, -0.15) is 0 Å². The van der Waals surface area contributed by atoms with Crippen LogP contribution >= 0.6 is 27.2 Å². The Balaban J connectivity index is 0.00000127. The number of phenolic OH excluding ortho intramolecular Hbond substituents is 1. The van der Waals surface area contributed by atoms with E-state index in [0.29, 0.717) is 14.3 Å². The Morgan fingerprint density at radius 3 is 1.61 bits per heavy atom. The van der Waals surface area contributed by atoms with E-state index in [1.54, 1.807) is 0 Å². The standard InChI is InChI=1S/C32H36NOP.2ClH.Ti/c1-31(2,3)23-21-26(32(4,5)6)30(34)29(22-23)35-28-20-14-13-19-27(28)33(24-15-9-7-10-16-24)25-17-11-8-12-18-25;;;/h7-22,34-35H,1-6H3;2*1H;/q;;;+2/p-2. The third kappa shape index (κ3) is 7.87. The van der Waals surface area contributed by atoms with Gasteiger partial charge in [0.05, 0.1) is 5.69 Å². The van der Waals surface area contributed by atoms with Crippen molar-refractivity contribution in [1.29, 1.82) is 0 Å². The topological polar surface area (TPSA) is 23.5 Å². The Hall–Kier alpha value is -1.80. The maximum absolute atomic E-state index is 11.4. The van der Waals surface area contributed by atoms with Crippen molar-refractivity contribution in [3.05, 3.63) is 108 Å². The van der Waals surface area contributed by atoms with E-state index >= 15 is 0 Å². The molecule has 1 unspecified atom stereocenters. The molecule has 0 aliphatic rings. The van der Waals surface area contributed by atoms with Gasteiger partial charge in [-0.1, -0.05) is 111 Å². The molecule has 0 spiro atoms. The van der Waals surface area contributed by atoms with E-state index in [2.05, 4.69) is 131 Å². The molecule has 4 aromatic carbocycles. The van der Waals surface area contributed by atoms with Gasteiger partial charge >= 0.3 is 35.6 Å². The molecule has 38 heavy (non-hydrogen) atoms. The first-order valence-electron chi connectivity index (χ1n) is 12.6. The summed E-state index contributed by atoms with van der Waals surface area (Å²) in [6.45, 7) is 13.2. The molecular formula is C32H36Cl2NOPTi. The summed E-state index contributed by atoms with van der Waals surface area (Å²) in [6, 6.07) is 33.9. The summed E-state index contributed by atoms with van der Waals surface area (Å²) in [4.78, 5) is 2.30. The molecule has 6 heteroatoms. The van der Waals surface area contributed by atoms with Crippen molar-refractivity contribution in [2.75, 3.05) is 4.90 Å². The van der Waals surface area contributed by atoms with Crippen molar-refractivity contribution >= 4 is 54.9 Å². The summed E-state index contributed by atoms with van der Waals surface area (Å²) in [5.74, 6) is 0.421. The van der Waals surface area contributed by atoms with Gasteiger partial charge in [0.1, 0.15) is 5.75 Å². The molecule has 0 heterocycles. The molecule has 0 bridgehead atoms. The summed E-state index contributed by atoms with van der Waals surface area (Å²) in [5, 5.41) is 13.6. The van der Waals surface area contributed by atoms with Crippen LogP contribution in [0.1, 0.15) is 52.7 Å². The normalized spacial score (nSPS) is 11.7. The SMILES string of the molecule is CC(C)(C)c1cc(Pc2ccccc2N(c2ccccc2)c2ccccc2)c(O)c(C(C)(C)C)c1.[Cl][Ti][Cl]. The predicted octanol–water partition coefficient (Wildman–Crippen LogP) is 9.46. The van der Waals surface area contributed by atoms with E-state index in [1.165, 1.54) is 10.9 Å². The quantitative estimate of drug-likeness (QED) is 0.182. The zero-order valence-corrected chi connectivity index (χ0v) is 27.0. The fourth-order valence-electron chi connectivity index (χ4n) is 4.24. The third-order valence-electron chi connectivity index (χ3n) is 6.23. The average molecular weight is 600 g/mol. The molecule has 4 rings (SSSR count). The Kier molecular flexibility index (Phi) is 10.9. The maximum atomic E-state index is 11.4. The van der Waals surface area contributed by atoms with Crippen LogP contribution in [-0.2, 0) is 27.9 Å². The van der Waals surface area contributed by atoms with Gasteiger partial charge in [-0.15, -0.1) is 0 Å². The number of hydrogen-bond donors (Lipinski definition) is 1. The molecule has 0 fully saturated rings. The van der Waals surface area contributed by atoms with Gasteiger partial charge in [0.2, 0.25) is 0 Å². The van der Waals surface area contributed by atoms with Crippen molar-refractivity contribution < 1.29 is 22.1 Å². The number of aromatic hydroxyl groups is 1. The number of nitrogens with zero attached hydrogens (tertiary/aromatic N) is 1. The van der Waals surface area contributed by atoms with Crippen LogP contribution < -0.4 is 15.5 Å². The second-order valence-corrected chi connectivity index (χ2v) is 15.0. The molecule has 0 saturated heterocycles. The molecule has 0 radical (unpaired) electrons. The zero-order valence-electron chi connectivity index (χ0n) is 22.9. The van der Waals surface area contributed by atoms with E-state index in [1.807, 2.05) is 12.1 Å². The molecule has 1 N–H and O–H groups in total. The third-order valence-corrected chi connectivity index (χ3v) is 7.57. The van der Waals surface area contributed by atoms with Gasteiger partial charge < -0.3 is 10.0 Å². The Morgan fingerprint density at radius 2 is 1.13 bits per heavy atom. The molecule has 4 aromatic rings. The number of halogens is 2. The van der Waals surface area contributed by atoms with Gasteiger partial charge in [-0.05, 0) is 52.8 Å². The zero-order chi connectivity index (χ0) is 27.9. The van der Waals surface area contributed by atoms with E-state index in [0.717, 1.165) is 27.9 Å². The summed E-state index contributed by atoms with van der Waals surface area (Å²) < 4.78 is 0. The number of phenols is 1. The van der Waals surface area contributed by atoms with E-state index < -0.39 is 17.0 Å². The Morgan fingerprint density at radius 1 is 0.658 bits per heavy atom. The van der Waals surface area contributed by atoms with Crippen molar-refractivity contribution in [1.82, 2.24) is 0 Å². The Bertz CT molecular complexity index is 1280. The molecule has 0 amide bonds. The van der Waals surface area contributed by atoms with E-state index in [-0.39, 0.29) is 10.8 Å². The van der Waals surface area contributed by atoms with Crippen LogP contribution in [0.4, 0.5) is 17.1 Å². The van der Waals surface area contributed by atoms with Gasteiger partial charge in [0.25, 0.3) is 0 Å². The summed E-state index contributed by atoms with van der Waals surface area (Å²) in [5.41, 5.74) is 5.45. The van der Waals surface area contributed by atoms with Crippen LogP contribution in [-0.4, -0.2) is 5.11 Å². The first-order chi connectivity index (χ1) is 18.0. The second-order valence-electron chi connectivity index (χ2n) is 11.1. The molecule has 0 aliphatic carbocycles. The van der Waals surface area contributed by atoms with Crippen molar-refractivity contribution in [2.24, 2.45) is 0 Å². The second kappa shape index (κ2) is 13.5.